The van der Waals surface area contributed by atoms with Crippen LogP contribution < -0.4 is 5.32 Å². The van der Waals surface area contributed by atoms with Gasteiger partial charge >= 0.3 is 17.8 Å². The standard InChI is InChI=1S/C17H23N3O4/c1-19-10-8-14(9-11-19)20(2)16(22)15(21)18-13-6-4-12(5-7-13)17(23)24-3/h4-7,14H,8-11H2,1-3H3,(H,18,21). The highest BCUT2D eigenvalue weighted by Crippen LogP contribution is 2.15. The quantitative estimate of drug-likeness (QED) is 0.658. The summed E-state index contributed by atoms with van der Waals surface area (Å²) in [6.45, 7) is 1.83. The third kappa shape index (κ3) is 4.32. The number of ether oxygens (including phenoxy) is 1. The Hall–Kier alpha value is -2.41. The van der Waals surface area contributed by atoms with Crippen LogP contribution in [0.5, 0.6) is 0 Å². The highest BCUT2D eigenvalue weighted by Gasteiger charge is 2.27. The van der Waals surface area contributed by atoms with E-state index in [4.69, 9.17) is 0 Å². The highest BCUT2D eigenvalue weighted by atomic mass is 16.5. The van der Waals surface area contributed by atoms with Gasteiger partial charge in [0.2, 0.25) is 0 Å². The van der Waals surface area contributed by atoms with Gasteiger partial charge in [0.1, 0.15) is 0 Å². The highest BCUT2D eigenvalue weighted by molar-refractivity contribution is 6.39. The number of esters is 1. The fourth-order valence-corrected chi connectivity index (χ4v) is 2.70. The maximum atomic E-state index is 12.3. The number of nitrogens with one attached hydrogen (secondary N) is 1. The van der Waals surface area contributed by atoms with Crippen molar-refractivity contribution in [3.63, 3.8) is 0 Å². The summed E-state index contributed by atoms with van der Waals surface area (Å²) < 4.78 is 4.61. The van der Waals surface area contributed by atoms with E-state index in [1.165, 1.54) is 24.1 Å². The van der Waals surface area contributed by atoms with Crippen molar-refractivity contribution >= 4 is 23.5 Å². The molecule has 130 valence electrons. The van der Waals surface area contributed by atoms with Gasteiger partial charge in [0.05, 0.1) is 12.7 Å². The lowest BCUT2D eigenvalue weighted by atomic mass is 10.0. The topological polar surface area (TPSA) is 78.9 Å². The molecule has 1 aliphatic rings. The summed E-state index contributed by atoms with van der Waals surface area (Å²) in [5, 5.41) is 2.56. The molecule has 1 aromatic rings. The second kappa shape index (κ2) is 7.92. The molecule has 1 saturated heterocycles. The van der Waals surface area contributed by atoms with Crippen molar-refractivity contribution in [2.24, 2.45) is 0 Å². The van der Waals surface area contributed by atoms with Crippen molar-refractivity contribution in [3.05, 3.63) is 29.8 Å². The molecule has 0 unspecified atom stereocenters. The third-order valence-corrected chi connectivity index (χ3v) is 4.31. The van der Waals surface area contributed by atoms with Crippen LogP contribution in [0.2, 0.25) is 0 Å². The average molecular weight is 333 g/mol. The molecule has 0 radical (unpaired) electrons. The van der Waals surface area contributed by atoms with E-state index in [1.54, 1.807) is 19.2 Å². The molecule has 7 nitrogen and oxygen atoms in total. The van der Waals surface area contributed by atoms with E-state index in [0.717, 1.165) is 25.9 Å². The Labute approximate surface area is 141 Å². The van der Waals surface area contributed by atoms with Crippen LogP contribution in [0.4, 0.5) is 5.69 Å². The number of likely N-dealkylation sites (N-methyl/N-ethyl adjacent to an activating group) is 1. The number of methoxy groups -OCH3 is 1. The number of amides is 2. The lowest BCUT2D eigenvalue weighted by Gasteiger charge is -2.34. The number of hydrogen-bond donors (Lipinski definition) is 1. The van der Waals surface area contributed by atoms with Crippen LogP contribution in [-0.2, 0) is 14.3 Å². The van der Waals surface area contributed by atoms with Crippen LogP contribution >= 0.6 is 0 Å². The molecule has 1 fully saturated rings. The van der Waals surface area contributed by atoms with Crippen LogP contribution in [0.15, 0.2) is 24.3 Å². The first-order chi connectivity index (χ1) is 11.4. The molecule has 1 aliphatic heterocycles. The lowest BCUT2D eigenvalue weighted by molar-refractivity contribution is -0.144. The molecular formula is C17H23N3O4. The fraction of sp³-hybridized carbons (Fsp3) is 0.471. The number of hydrogen-bond acceptors (Lipinski definition) is 5. The summed E-state index contributed by atoms with van der Waals surface area (Å²) in [5.74, 6) is -1.69. The van der Waals surface area contributed by atoms with Crippen molar-refractivity contribution in [1.29, 1.82) is 0 Å². The van der Waals surface area contributed by atoms with Gasteiger partial charge in [0.15, 0.2) is 0 Å². The Morgan fingerprint density at radius 1 is 1.17 bits per heavy atom. The van der Waals surface area contributed by atoms with Crippen LogP contribution in [-0.4, -0.2) is 67.9 Å². The molecule has 7 heteroatoms. The number of carbonyl (C=O) groups excluding carboxylic acids is 3. The SMILES string of the molecule is COC(=O)c1ccc(NC(=O)C(=O)N(C)C2CCN(C)CC2)cc1. The van der Waals surface area contributed by atoms with Crippen molar-refractivity contribution in [2.45, 2.75) is 18.9 Å². The van der Waals surface area contributed by atoms with Crippen LogP contribution in [0.1, 0.15) is 23.2 Å². The Bertz CT molecular complexity index is 607. The first-order valence-electron chi connectivity index (χ1n) is 7.87. The summed E-state index contributed by atoms with van der Waals surface area (Å²) in [5.41, 5.74) is 0.836. The van der Waals surface area contributed by atoms with Gasteiger partial charge in [-0.05, 0) is 57.2 Å². The number of carbonyl (C=O) groups is 3. The Balaban J connectivity index is 1.93. The van der Waals surface area contributed by atoms with Gasteiger partial charge in [-0.1, -0.05) is 0 Å². The number of benzene rings is 1. The summed E-state index contributed by atoms with van der Waals surface area (Å²) in [7, 11) is 5.01. The molecule has 1 aromatic carbocycles. The van der Waals surface area contributed by atoms with E-state index in [-0.39, 0.29) is 6.04 Å². The van der Waals surface area contributed by atoms with Crippen molar-refractivity contribution < 1.29 is 19.1 Å². The van der Waals surface area contributed by atoms with Gasteiger partial charge in [-0.25, -0.2) is 4.79 Å². The Morgan fingerprint density at radius 3 is 2.29 bits per heavy atom. The van der Waals surface area contributed by atoms with E-state index < -0.39 is 17.8 Å². The zero-order valence-electron chi connectivity index (χ0n) is 14.2. The molecule has 0 atom stereocenters. The van der Waals surface area contributed by atoms with E-state index in [1.807, 2.05) is 7.05 Å². The fourth-order valence-electron chi connectivity index (χ4n) is 2.70. The normalized spacial score (nSPS) is 15.6. The minimum atomic E-state index is -0.678. The van der Waals surface area contributed by atoms with Crippen LogP contribution in [0.25, 0.3) is 0 Å². The Morgan fingerprint density at radius 2 is 1.75 bits per heavy atom. The molecule has 0 spiro atoms. The van der Waals surface area contributed by atoms with Gasteiger partial charge < -0.3 is 19.9 Å². The maximum absolute atomic E-state index is 12.3. The van der Waals surface area contributed by atoms with E-state index in [0.29, 0.717) is 11.3 Å². The van der Waals surface area contributed by atoms with Gasteiger partial charge in [0.25, 0.3) is 0 Å². The zero-order valence-corrected chi connectivity index (χ0v) is 14.2. The first-order valence-corrected chi connectivity index (χ1v) is 7.87. The van der Waals surface area contributed by atoms with E-state index in [9.17, 15) is 14.4 Å². The minimum Gasteiger partial charge on any atom is -0.465 e. The maximum Gasteiger partial charge on any atom is 0.337 e. The van der Waals surface area contributed by atoms with Gasteiger partial charge in [-0.2, -0.15) is 0 Å². The molecule has 0 aromatic heterocycles. The lowest BCUT2D eigenvalue weighted by Crippen LogP contribution is -2.47. The number of anilines is 1. The number of piperidine rings is 1. The smallest absolute Gasteiger partial charge is 0.337 e. The van der Waals surface area contributed by atoms with E-state index in [2.05, 4.69) is 15.0 Å². The third-order valence-electron chi connectivity index (χ3n) is 4.31. The Kier molecular flexibility index (Phi) is 5.92. The second-order valence-electron chi connectivity index (χ2n) is 5.97. The summed E-state index contributed by atoms with van der Waals surface area (Å²) in [6.07, 6.45) is 1.72. The van der Waals surface area contributed by atoms with Crippen molar-refractivity contribution in [3.8, 4) is 0 Å². The molecule has 2 amide bonds. The minimum absolute atomic E-state index is 0.0844. The van der Waals surface area contributed by atoms with Gasteiger partial charge in [-0.15, -0.1) is 0 Å². The monoisotopic (exact) mass is 333 g/mol. The number of rotatable bonds is 3. The average Bonchev–Trinajstić information content (AvgIpc) is 2.61. The van der Waals surface area contributed by atoms with Crippen LogP contribution in [0.3, 0.4) is 0 Å². The second-order valence-corrected chi connectivity index (χ2v) is 5.97. The van der Waals surface area contributed by atoms with E-state index >= 15 is 0 Å². The zero-order chi connectivity index (χ0) is 17.7. The van der Waals surface area contributed by atoms with Crippen molar-refractivity contribution in [1.82, 2.24) is 9.80 Å². The molecule has 2 rings (SSSR count). The largest absolute Gasteiger partial charge is 0.465 e. The van der Waals surface area contributed by atoms with Crippen molar-refractivity contribution in [2.75, 3.05) is 39.6 Å². The van der Waals surface area contributed by atoms with Crippen LogP contribution in [0, 0.1) is 0 Å². The first kappa shape index (κ1) is 17.9. The van der Waals surface area contributed by atoms with Gasteiger partial charge in [0, 0.05) is 18.8 Å². The predicted molar refractivity (Wildman–Crippen MR) is 89.7 cm³/mol. The molecule has 1 heterocycles. The number of nitrogens with zero attached hydrogens (tertiary/aromatic N) is 2. The summed E-state index contributed by atoms with van der Waals surface area (Å²) in [4.78, 5) is 39.5. The molecule has 0 saturated carbocycles. The summed E-state index contributed by atoms with van der Waals surface area (Å²) >= 11 is 0. The molecule has 0 aliphatic carbocycles. The predicted octanol–water partition coefficient (Wildman–Crippen LogP) is 0.964. The number of likely N-dealkylation sites (tertiary alicyclic amines) is 1. The summed E-state index contributed by atoms with van der Waals surface area (Å²) in [6, 6.07) is 6.28. The molecular weight excluding hydrogens is 310 g/mol. The molecule has 24 heavy (non-hydrogen) atoms. The molecule has 1 N–H and O–H groups in total. The molecule has 0 bridgehead atoms. The van der Waals surface area contributed by atoms with Gasteiger partial charge in [-0.3, -0.25) is 9.59 Å².